The van der Waals surface area contributed by atoms with Crippen molar-refractivity contribution in [3.8, 4) is 17.2 Å². The first-order chi connectivity index (χ1) is 18.9. The molecule has 0 amide bonds. The van der Waals surface area contributed by atoms with E-state index in [4.69, 9.17) is 14.2 Å². The van der Waals surface area contributed by atoms with Crippen LogP contribution in [-0.2, 0) is 0 Å². The topological polar surface area (TPSA) is 27.7 Å². The molecule has 0 bridgehead atoms. The molecule has 3 nitrogen and oxygen atoms in total. The summed E-state index contributed by atoms with van der Waals surface area (Å²) >= 11 is 0. The molecular formula is C36H46O3Si. The molecule has 3 aromatic carbocycles. The van der Waals surface area contributed by atoms with Gasteiger partial charge < -0.3 is 14.2 Å². The fourth-order valence-corrected chi connectivity index (χ4v) is 13.5. The molecule has 0 saturated carbocycles. The maximum Gasteiger partial charge on any atom is 0.173 e. The van der Waals surface area contributed by atoms with Gasteiger partial charge in [-0.1, -0.05) is 47.5 Å². The molecule has 1 aliphatic rings. The summed E-state index contributed by atoms with van der Waals surface area (Å²) in [6, 6.07) is 13.8. The maximum absolute atomic E-state index is 6.37. The SMILES string of the molecule is COc1c([Si](c2ccc(C)c(C)c2OC)(c2ccc(C)c(C)c2OC)C2C(C)=C(C)C(C)=C2C)ccc(C)c1C. The number of aryl methyl sites for hydroxylation is 3. The molecule has 0 fully saturated rings. The average Bonchev–Trinajstić information content (AvgIpc) is 3.13. The molecule has 0 unspecified atom stereocenters. The number of rotatable bonds is 7. The van der Waals surface area contributed by atoms with Crippen LogP contribution in [0.3, 0.4) is 0 Å². The zero-order chi connectivity index (χ0) is 29.7. The van der Waals surface area contributed by atoms with Crippen molar-refractivity contribution in [1.29, 1.82) is 0 Å². The molecule has 4 heteroatoms. The van der Waals surface area contributed by atoms with Gasteiger partial charge >= 0.3 is 0 Å². The summed E-state index contributed by atoms with van der Waals surface area (Å²) in [6.45, 7) is 22.3. The average molecular weight is 555 g/mol. The quantitative estimate of drug-likeness (QED) is 0.231. The normalized spacial score (nSPS) is 14.3. The van der Waals surface area contributed by atoms with Gasteiger partial charge in [0.2, 0.25) is 0 Å². The number of allylic oxidation sites excluding steroid dienone is 4. The number of hydrogen-bond acceptors (Lipinski definition) is 3. The Bertz CT molecular complexity index is 1390. The van der Waals surface area contributed by atoms with E-state index >= 15 is 0 Å². The number of ether oxygens (including phenoxy) is 3. The third-order valence-electron chi connectivity index (χ3n) is 9.96. The van der Waals surface area contributed by atoms with Gasteiger partial charge in [-0.15, -0.1) is 0 Å². The summed E-state index contributed by atoms with van der Waals surface area (Å²) in [5, 5.41) is 3.77. The molecule has 0 aliphatic heterocycles. The lowest BCUT2D eigenvalue weighted by atomic mass is 10.1. The fraction of sp³-hybridized carbons (Fsp3) is 0.389. The summed E-state index contributed by atoms with van der Waals surface area (Å²) in [5.74, 6) is 2.90. The molecule has 1 aliphatic carbocycles. The highest BCUT2D eigenvalue weighted by molar-refractivity contribution is 7.14. The Labute approximate surface area is 242 Å². The number of benzene rings is 3. The van der Waals surface area contributed by atoms with Gasteiger partial charge in [0.05, 0.1) is 21.3 Å². The molecule has 40 heavy (non-hydrogen) atoms. The van der Waals surface area contributed by atoms with Crippen molar-refractivity contribution in [3.05, 3.63) is 92.1 Å². The van der Waals surface area contributed by atoms with Crippen molar-refractivity contribution in [1.82, 2.24) is 0 Å². The van der Waals surface area contributed by atoms with Crippen molar-refractivity contribution in [3.63, 3.8) is 0 Å². The van der Waals surface area contributed by atoms with Crippen LogP contribution in [0, 0.1) is 41.5 Å². The van der Waals surface area contributed by atoms with E-state index in [1.54, 1.807) is 0 Å². The standard InChI is InChI=1S/C36H46O3Si/c1-20-14-17-30(33(37-11)23(20)4)40(36-28(9)26(7)27(8)29(36)10,31-18-15-21(2)24(5)34(31)38-12)32-19-16-22(3)25(6)35(32)39-13/h14-19,36H,1-13H3. The van der Waals surface area contributed by atoms with Gasteiger partial charge in [-0.3, -0.25) is 0 Å². The smallest absolute Gasteiger partial charge is 0.173 e. The third kappa shape index (κ3) is 4.14. The molecular weight excluding hydrogens is 508 g/mol. The van der Waals surface area contributed by atoms with Gasteiger partial charge in [-0.25, -0.2) is 0 Å². The molecule has 0 atom stereocenters. The molecule has 3 aromatic rings. The Morgan fingerprint density at radius 2 is 0.725 bits per heavy atom. The van der Waals surface area contributed by atoms with Crippen LogP contribution < -0.4 is 29.8 Å². The lowest BCUT2D eigenvalue weighted by Crippen LogP contribution is -2.71. The molecule has 0 N–H and O–H groups in total. The van der Waals surface area contributed by atoms with Crippen LogP contribution in [-0.4, -0.2) is 29.4 Å². The van der Waals surface area contributed by atoms with Gasteiger partial charge in [-0.05, 0) is 129 Å². The minimum Gasteiger partial charge on any atom is -0.497 e. The van der Waals surface area contributed by atoms with Gasteiger partial charge in [-0.2, -0.15) is 0 Å². The zero-order valence-corrected chi connectivity index (χ0v) is 27.8. The Balaban J connectivity index is 2.43. The minimum absolute atomic E-state index is 0.163. The van der Waals surface area contributed by atoms with Crippen molar-refractivity contribution in [2.24, 2.45) is 0 Å². The van der Waals surface area contributed by atoms with E-state index in [1.165, 1.54) is 71.2 Å². The van der Waals surface area contributed by atoms with E-state index in [2.05, 4.69) is 106 Å². The summed E-state index contributed by atoms with van der Waals surface area (Å²) < 4.78 is 19.1. The second-order valence-electron chi connectivity index (χ2n) is 11.6. The van der Waals surface area contributed by atoms with Crippen LogP contribution in [0.25, 0.3) is 0 Å². The van der Waals surface area contributed by atoms with Gasteiger partial charge in [0.15, 0.2) is 8.07 Å². The van der Waals surface area contributed by atoms with E-state index in [0.717, 1.165) is 17.2 Å². The zero-order valence-electron chi connectivity index (χ0n) is 26.8. The van der Waals surface area contributed by atoms with E-state index in [1.807, 2.05) is 21.3 Å². The molecule has 4 rings (SSSR count). The van der Waals surface area contributed by atoms with Crippen molar-refractivity contribution in [2.75, 3.05) is 21.3 Å². The third-order valence-corrected chi connectivity index (χ3v) is 15.4. The molecule has 0 saturated heterocycles. The predicted octanol–water partition coefficient (Wildman–Crippen LogP) is 7.09. The largest absolute Gasteiger partial charge is 0.497 e. The lowest BCUT2D eigenvalue weighted by Gasteiger charge is -2.43. The Morgan fingerprint density at radius 3 is 0.975 bits per heavy atom. The molecule has 0 radical (unpaired) electrons. The monoisotopic (exact) mass is 554 g/mol. The fourth-order valence-electron chi connectivity index (χ4n) is 6.99. The second kappa shape index (κ2) is 11.0. The van der Waals surface area contributed by atoms with E-state index in [0.29, 0.717) is 0 Å². The van der Waals surface area contributed by atoms with Crippen LogP contribution in [0.4, 0.5) is 0 Å². The molecule has 0 spiro atoms. The van der Waals surface area contributed by atoms with E-state index in [-0.39, 0.29) is 5.54 Å². The minimum atomic E-state index is -3.05. The first-order valence-electron chi connectivity index (χ1n) is 14.2. The van der Waals surface area contributed by atoms with Crippen LogP contribution in [0.15, 0.2) is 58.7 Å². The Hall–Kier alpha value is -3.24. The van der Waals surface area contributed by atoms with Crippen LogP contribution in [0.5, 0.6) is 17.2 Å². The van der Waals surface area contributed by atoms with Crippen LogP contribution in [0.2, 0.25) is 5.54 Å². The van der Waals surface area contributed by atoms with E-state index < -0.39 is 8.07 Å². The summed E-state index contributed by atoms with van der Waals surface area (Å²) in [4.78, 5) is 0. The van der Waals surface area contributed by atoms with Gasteiger partial charge in [0, 0.05) is 5.54 Å². The molecule has 0 heterocycles. The summed E-state index contributed by atoms with van der Waals surface area (Å²) in [5.41, 5.74) is 13.0. The maximum atomic E-state index is 6.37. The number of methoxy groups -OCH3 is 3. The van der Waals surface area contributed by atoms with E-state index in [9.17, 15) is 0 Å². The van der Waals surface area contributed by atoms with Crippen molar-refractivity contribution < 1.29 is 14.2 Å². The van der Waals surface area contributed by atoms with Crippen LogP contribution in [0.1, 0.15) is 61.1 Å². The Kier molecular flexibility index (Phi) is 8.15. The molecule has 212 valence electrons. The van der Waals surface area contributed by atoms with Crippen LogP contribution >= 0.6 is 0 Å². The summed E-state index contributed by atoms with van der Waals surface area (Å²) in [7, 11) is 2.40. The Morgan fingerprint density at radius 1 is 0.450 bits per heavy atom. The first kappa shape index (κ1) is 29.7. The van der Waals surface area contributed by atoms with Gasteiger partial charge in [0.25, 0.3) is 0 Å². The second-order valence-corrected chi connectivity index (χ2v) is 15.4. The highest BCUT2D eigenvalue weighted by atomic mass is 28.3. The predicted molar refractivity (Wildman–Crippen MR) is 173 cm³/mol. The first-order valence-corrected chi connectivity index (χ1v) is 16.3. The lowest BCUT2D eigenvalue weighted by molar-refractivity contribution is 0.412. The highest BCUT2D eigenvalue weighted by Gasteiger charge is 2.55. The summed E-state index contributed by atoms with van der Waals surface area (Å²) in [6.07, 6.45) is 0. The van der Waals surface area contributed by atoms with Gasteiger partial charge in [0.1, 0.15) is 17.2 Å². The van der Waals surface area contributed by atoms with Crippen molar-refractivity contribution >= 4 is 23.6 Å². The molecule has 0 aromatic heterocycles. The highest BCUT2D eigenvalue weighted by Crippen LogP contribution is 2.49. The number of hydrogen-bond donors (Lipinski definition) is 0. The van der Waals surface area contributed by atoms with Crippen molar-refractivity contribution in [2.45, 2.75) is 74.8 Å².